The van der Waals surface area contributed by atoms with E-state index in [9.17, 15) is 9.59 Å². The highest BCUT2D eigenvalue weighted by atomic mass is 35.5. The van der Waals surface area contributed by atoms with Crippen molar-refractivity contribution >= 4 is 45.8 Å². The Labute approximate surface area is 193 Å². The van der Waals surface area contributed by atoms with Gasteiger partial charge in [0.2, 0.25) is 11.8 Å². The number of halogens is 2. The summed E-state index contributed by atoms with van der Waals surface area (Å²) < 4.78 is 0. The van der Waals surface area contributed by atoms with Gasteiger partial charge in [-0.2, -0.15) is 0 Å². The summed E-state index contributed by atoms with van der Waals surface area (Å²) in [6.45, 7) is 2.07. The minimum absolute atomic E-state index is 0.112. The molecule has 1 N–H and O–H groups in total. The zero-order valence-corrected chi connectivity index (χ0v) is 19.2. The number of likely N-dealkylation sites (N-methyl/N-ethyl adjacent to an activating group) is 1. The van der Waals surface area contributed by atoms with Crippen LogP contribution in [0.2, 0.25) is 10.0 Å². The van der Waals surface area contributed by atoms with E-state index in [4.69, 9.17) is 23.2 Å². The maximum atomic E-state index is 13.4. The minimum atomic E-state index is -0.600. The lowest BCUT2D eigenvalue weighted by Crippen LogP contribution is -2.48. The number of benzene rings is 3. The van der Waals surface area contributed by atoms with Crippen LogP contribution in [-0.2, 0) is 22.6 Å². The van der Waals surface area contributed by atoms with E-state index in [1.807, 2.05) is 31.2 Å². The van der Waals surface area contributed by atoms with Crippen molar-refractivity contribution in [3.8, 4) is 0 Å². The van der Waals surface area contributed by atoms with Crippen LogP contribution in [0.4, 0.5) is 0 Å². The van der Waals surface area contributed by atoms with E-state index in [-0.39, 0.29) is 24.8 Å². The number of aryl methyl sites for hydroxylation is 1. The molecule has 3 aromatic rings. The molecular formula is C25H26Cl2N2O2. The third kappa shape index (κ3) is 5.38. The Morgan fingerprint density at radius 1 is 0.968 bits per heavy atom. The first-order valence-corrected chi connectivity index (χ1v) is 11.1. The van der Waals surface area contributed by atoms with Crippen LogP contribution < -0.4 is 5.32 Å². The van der Waals surface area contributed by atoms with E-state index in [1.165, 1.54) is 0 Å². The summed E-state index contributed by atoms with van der Waals surface area (Å²) in [5, 5.41) is 5.90. The van der Waals surface area contributed by atoms with E-state index >= 15 is 0 Å². The number of nitrogens with zero attached hydrogens (tertiary/aromatic N) is 1. The predicted octanol–water partition coefficient (Wildman–Crippen LogP) is 5.63. The molecule has 4 nitrogen and oxygen atoms in total. The molecule has 3 aromatic carbocycles. The average molecular weight is 457 g/mol. The second-order valence-electron chi connectivity index (χ2n) is 7.40. The number of hydrogen-bond donors (Lipinski definition) is 1. The third-order valence-electron chi connectivity index (χ3n) is 5.51. The maximum Gasteiger partial charge on any atom is 0.242 e. The molecular weight excluding hydrogens is 431 g/mol. The van der Waals surface area contributed by atoms with Gasteiger partial charge >= 0.3 is 0 Å². The standard InChI is InChI=1S/C25H26Cl2N2O2/c1-3-23(25(31)28-2)29(16-20-21(26)12-7-13-22(20)27)24(30)15-14-18-10-6-9-17-8-4-5-11-19(17)18/h4-13,23H,3,14-16H2,1-2H3,(H,28,31)/t23-/m1/s1. The Bertz CT molecular complexity index is 1060. The monoisotopic (exact) mass is 456 g/mol. The number of hydrogen-bond acceptors (Lipinski definition) is 2. The van der Waals surface area contributed by atoms with E-state index in [0.717, 1.165) is 16.3 Å². The number of fused-ring (bicyclic) bond motifs is 1. The largest absolute Gasteiger partial charge is 0.357 e. The molecule has 0 aliphatic carbocycles. The van der Waals surface area contributed by atoms with Crippen molar-refractivity contribution in [2.75, 3.05) is 7.05 Å². The predicted molar refractivity (Wildman–Crippen MR) is 127 cm³/mol. The SMILES string of the molecule is CC[C@H](C(=O)NC)N(Cc1c(Cl)cccc1Cl)C(=O)CCc1cccc2ccccc12. The summed E-state index contributed by atoms with van der Waals surface area (Å²) in [6, 6.07) is 18.9. The smallest absolute Gasteiger partial charge is 0.242 e. The molecule has 0 aliphatic rings. The van der Waals surface area contributed by atoms with E-state index in [2.05, 4.69) is 23.5 Å². The summed E-state index contributed by atoms with van der Waals surface area (Å²) in [4.78, 5) is 27.5. The van der Waals surface area contributed by atoms with Crippen molar-refractivity contribution in [3.63, 3.8) is 0 Å². The fourth-order valence-corrected chi connectivity index (χ4v) is 4.35. The first-order chi connectivity index (χ1) is 15.0. The normalized spacial score (nSPS) is 11.9. The lowest BCUT2D eigenvalue weighted by Gasteiger charge is -2.31. The fraction of sp³-hybridized carbons (Fsp3) is 0.280. The fourth-order valence-electron chi connectivity index (χ4n) is 3.84. The van der Waals surface area contributed by atoms with Crippen LogP contribution in [0.15, 0.2) is 60.7 Å². The van der Waals surface area contributed by atoms with Gasteiger partial charge in [0.15, 0.2) is 0 Å². The average Bonchev–Trinajstić information content (AvgIpc) is 2.78. The summed E-state index contributed by atoms with van der Waals surface area (Å²) >= 11 is 12.7. The summed E-state index contributed by atoms with van der Waals surface area (Å²) in [5.41, 5.74) is 1.75. The topological polar surface area (TPSA) is 49.4 Å². The Morgan fingerprint density at radius 2 is 1.61 bits per heavy atom. The van der Waals surface area contributed by atoms with E-state index in [1.54, 1.807) is 30.1 Å². The molecule has 0 saturated heterocycles. The number of rotatable bonds is 8. The summed E-state index contributed by atoms with van der Waals surface area (Å²) in [7, 11) is 1.58. The van der Waals surface area contributed by atoms with Crippen LogP contribution in [-0.4, -0.2) is 29.8 Å². The Hall–Kier alpha value is -2.56. The van der Waals surface area contributed by atoms with Crippen LogP contribution in [0.3, 0.4) is 0 Å². The molecule has 0 saturated carbocycles. The third-order valence-corrected chi connectivity index (χ3v) is 6.22. The number of amides is 2. The van der Waals surface area contributed by atoms with Crippen molar-refractivity contribution in [1.82, 2.24) is 10.2 Å². The number of carbonyl (C=O) groups excluding carboxylic acids is 2. The lowest BCUT2D eigenvalue weighted by molar-refractivity contribution is -0.141. The van der Waals surface area contributed by atoms with Crippen LogP contribution >= 0.6 is 23.2 Å². The maximum absolute atomic E-state index is 13.4. The Balaban J connectivity index is 1.87. The molecule has 0 aliphatic heterocycles. The molecule has 3 rings (SSSR count). The zero-order valence-electron chi connectivity index (χ0n) is 17.7. The van der Waals surface area contributed by atoms with Crippen LogP contribution in [0.25, 0.3) is 10.8 Å². The molecule has 0 fully saturated rings. The molecule has 0 spiro atoms. The van der Waals surface area contributed by atoms with Gasteiger partial charge in [0.05, 0.1) is 0 Å². The van der Waals surface area contributed by atoms with Gasteiger partial charge in [0.1, 0.15) is 6.04 Å². The van der Waals surface area contributed by atoms with Gasteiger partial charge in [-0.3, -0.25) is 9.59 Å². The second kappa shape index (κ2) is 10.7. The van der Waals surface area contributed by atoms with Crippen LogP contribution in [0.5, 0.6) is 0 Å². The highest BCUT2D eigenvalue weighted by Crippen LogP contribution is 2.28. The molecule has 2 amide bonds. The highest BCUT2D eigenvalue weighted by molar-refractivity contribution is 6.36. The zero-order chi connectivity index (χ0) is 22.4. The van der Waals surface area contributed by atoms with Crippen molar-refractivity contribution in [1.29, 1.82) is 0 Å². The van der Waals surface area contributed by atoms with Crippen LogP contribution in [0.1, 0.15) is 30.9 Å². The van der Waals surface area contributed by atoms with Gasteiger partial charge in [-0.05, 0) is 41.3 Å². The number of carbonyl (C=O) groups is 2. The molecule has 6 heteroatoms. The van der Waals surface area contributed by atoms with Gasteiger partial charge < -0.3 is 10.2 Å². The molecule has 31 heavy (non-hydrogen) atoms. The van der Waals surface area contributed by atoms with Gasteiger partial charge in [0.25, 0.3) is 0 Å². The van der Waals surface area contributed by atoms with Crippen molar-refractivity contribution in [3.05, 3.63) is 81.8 Å². The summed E-state index contributed by atoms with van der Waals surface area (Å²) in [6.07, 6.45) is 1.35. The first kappa shape index (κ1) is 23.1. The molecule has 0 aromatic heterocycles. The molecule has 1 atom stereocenters. The molecule has 162 valence electrons. The van der Waals surface area contributed by atoms with Gasteiger partial charge in [0, 0.05) is 35.6 Å². The van der Waals surface area contributed by atoms with Crippen molar-refractivity contribution < 1.29 is 9.59 Å². The molecule has 0 radical (unpaired) electrons. The van der Waals surface area contributed by atoms with E-state index < -0.39 is 6.04 Å². The Morgan fingerprint density at radius 3 is 2.29 bits per heavy atom. The Kier molecular flexibility index (Phi) is 7.94. The van der Waals surface area contributed by atoms with Crippen molar-refractivity contribution in [2.24, 2.45) is 0 Å². The van der Waals surface area contributed by atoms with Gasteiger partial charge in [-0.1, -0.05) is 78.7 Å². The first-order valence-electron chi connectivity index (χ1n) is 10.4. The molecule has 0 bridgehead atoms. The van der Waals surface area contributed by atoms with Gasteiger partial charge in [-0.25, -0.2) is 0 Å². The highest BCUT2D eigenvalue weighted by Gasteiger charge is 2.29. The van der Waals surface area contributed by atoms with E-state index in [0.29, 0.717) is 28.5 Å². The quantitative estimate of drug-likeness (QED) is 0.477. The molecule has 0 heterocycles. The van der Waals surface area contributed by atoms with Crippen molar-refractivity contribution in [2.45, 2.75) is 38.8 Å². The minimum Gasteiger partial charge on any atom is -0.357 e. The van der Waals surface area contributed by atoms with Gasteiger partial charge in [-0.15, -0.1) is 0 Å². The molecule has 0 unspecified atom stereocenters. The second-order valence-corrected chi connectivity index (χ2v) is 8.21. The van der Waals surface area contributed by atoms with Crippen LogP contribution in [0, 0.1) is 0 Å². The lowest BCUT2D eigenvalue weighted by atomic mass is 10.00. The number of nitrogens with one attached hydrogen (secondary N) is 1. The summed E-state index contributed by atoms with van der Waals surface area (Å²) in [5.74, 6) is -0.316.